The Balaban J connectivity index is 2.82. The van der Waals surface area contributed by atoms with Crippen LogP contribution in [-0.4, -0.2) is 11.3 Å². The molecule has 0 heterocycles. The lowest BCUT2D eigenvalue weighted by atomic mass is 10.3. The SMILES string of the molecule is C[C@@H](Oc1ccc(F)cc1Cl)C(=O)Cl. The van der Waals surface area contributed by atoms with Gasteiger partial charge in [0.25, 0.3) is 5.24 Å². The summed E-state index contributed by atoms with van der Waals surface area (Å²) < 4.78 is 17.7. The van der Waals surface area contributed by atoms with Gasteiger partial charge in [-0.25, -0.2) is 4.39 Å². The zero-order valence-electron chi connectivity index (χ0n) is 7.26. The van der Waals surface area contributed by atoms with Crippen molar-refractivity contribution in [1.29, 1.82) is 0 Å². The van der Waals surface area contributed by atoms with Crippen LogP contribution in [0, 0.1) is 5.82 Å². The predicted molar refractivity (Wildman–Crippen MR) is 52.4 cm³/mol. The summed E-state index contributed by atoms with van der Waals surface area (Å²) in [5, 5.41) is -0.528. The highest BCUT2D eigenvalue weighted by atomic mass is 35.5. The third kappa shape index (κ3) is 2.86. The fourth-order valence-electron chi connectivity index (χ4n) is 0.808. The molecule has 1 atom stereocenters. The van der Waals surface area contributed by atoms with E-state index >= 15 is 0 Å². The summed E-state index contributed by atoms with van der Waals surface area (Å²) >= 11 is 10.8. The van der Waals surface area contributed by atoms with E-state index in [-0.39, 0.29) is 10.8 Å². The molecular weight excluding hydrogens is 230 g/mol. The van der Waals surface area contributed by atoms with Crippen LogP contribution in [0.5, 0.6) is 5.75 Å². The molecule has 14 heavy (non-hydrogen) atoms. The fourth-order valence-corrected chi connectivity index (χ4v) is 1.06. The number of carbonyl (C=O) groups is 1. The molecule has 1 aromatic rings. The number of hydrogen-bond acceptors (Lipinski definition) is 2. The van der Waals surface area contributed by atoms with Gasteiger partial charge in [0.15, 0.2) is 6.10 Å². The molecule has 1 rings (SSSR count). The molecule has 0 unspecified atom stereocenters. The van der Waals surface area contributed by atoms with Gasteiger partial charge in [0.2, 0.25) is 0 Å². The van der Waals surface area contributed by atoms with E-state index in [0.717, 1.165) is 6.07 Å². The Morgan fingerprint density at radius 1 is 1.57 bits per heavy atom. The van der Waals surface area contributed by atoms with Crippen molar-refractivity contribution in [3.8, 4) is 5.75 Å². The van der Waals surface area contributed by atoms with E-state index < -0.39 is 17.2 Å². The van der Waals surface area contributed by atoms with Gasteiger partial charge in [0, 0.05) is 0 Å². The first-order valence-electron chi connectivity index (χ1n) is 3.81. The third-order valence-electron chi connectivity index (χ3n) is 1.52. The normalized spacial score (nSPS) is 12.3. The van der Waals surface area contributed by atoms with Gasteiger partial charge in [-0.3, -0.25) is 4.79 Å². The van der Waals surface area contributed by atoms with Crippen molar-refractivity contribution in [2.24, 2.45) is 0 Å². The van der Waals surface area contributed by atoms with Crippen LogP contribution >= 0.6 is 23.2 Å². The molecule has 0 spiro atoms. The second-order valence-electron chi connectivity index (χ2n) is 2.64. The highest BCUT2D eigenvalue weighted by Crippen LogP contribution is 2.26. The van der Waals surface area contributed by atoms with Crippen molar-refractivity contribution in [3.05, 3.63) is 29.0 Å². The van der Waals surface area contributed by atoms with Crippen LogP contribution in [0.3, 0.4) is 0 Å². The monoisotopic (exact) mass is 236 g/mol. The van der Waals surface area contributed by atoms with Gasteiger partial charge >= 0.3 is 0 Å². The Morgan fingerprint density at radius 3 is 2.71 bits per heavy atom. The molecule has 0 N–H and O–H groups in total. The minimum Gasteiger partial charge on any atom is -0.480 e. The summed E-state index contributed by atoms with van der Waals surface area (Å²) in [4.78, 5) is 10.6. The molecule has 0 saturated heterocycles. The molecular formula is C9H7Cl2FO2. The first-order chi connectivity index (χ1) is 6.50. The van der Waals surface area contributed by atoms with Crippen molar-refractivity contribution >= 4 is 28.4 Å². The molecule has 2 nitrogen and oxygen atoms in total. The number of benzene rings is 1. The predicted octanol–water partition coefficient (Wildman–Crippen LogP) is 3.01. The summed E-state index contributed by atoms with van der Waals surface area (Å²) in [6.07, 6.45) is -0.806. The van der Waals surface area contributed by atoms with E-state index in [1.165, 1.54) is 19.1 Å². The summed E-state index contributed by atoms with van der Waals surface area (Å²) in [6, 6.07) is 3.63. The summed E-state index contributed by atoms with van der Waals surface area (Å²) in [6.45, 7) is 1.48. The van der Waals surface area contributed by atoms with Crippen LogP contribution in [-0.2, 0) is 4.79 Å². The largest absolute Gasteiger partial charge is 0.480 e. The standard InChI is InChI=1S/C9H7Cl2FO2/c1-5(9(11)13)14-8-3-2-6(12)4-7(8)10/h2-5H,1H3/t5-/m1/s1. The van der Waals surface area contributed by atoms with Gasteiger partial charge in [-0.2, -0.15) is 0 Å². The molecule has 0 saturated carbocycles. The molecule has 1 aromatic carbocycles. The van der Waals surface area contributed by atoms with Crippen molar-refractivity contribution in [2.75, 3.05) is 0 Å². The zero-order chi connectivity index (χ0) is 10.7. The zero-order valence-corrected chi connectivity index (χ0v) is 8.77. The third-order valence-corrected chi connectivity index (χ3v) is 2.12. The molecule has 0 aromatic heterocycles. The Kier molecular flexibility index (Phi) is 3.72. The molecule has 0 aliphatic heterocycles. The lowest BCUT2D eigenvalue weighted by molar-refractivity contribution is -0.117. The first kappa shape index (κ1) is 11.3. The molecule has 0 radical (unpaired) electrons. The summed E-state index contributed by atoms with van der Waals surface area (Å²) in [5.74, 6) is -0.234. The van der Waals surface area contributed by atoms with E-state index in [4.69, 9.17) is 27.9 Å². The van der Waals surface area contributed by atoms with Crippen molar-refractivity contribution < 1.29 is 13.9 Å². The average Bonchev–Trinajstić information content (AvgIpc) is 2.09. The lowest BCUT2D eigenvalue weighted by Gasteiger charge is -2.11. The maximum atomic E-state index is 12.6. The van der Waals surface area contributed by atoms with Crippen molar-refractivity contribution in [1.82, 2.24) is 0 Å². The van der Waals surface area contributed by atoms with E-state index in [1.807, 2.05) is 0 Å². The number of ether oxygens (including phenoxy) is 1. The molecule has 0 fully saturated rings. The maximum Gasteiger partial charge on any atom is 0.262 e. The molecule has 5 heteroatoms. The molecule has 76 valence electrons. The Morgan fingerprint density at radius 2 is 2.21 bits per heavy atom. The smallest absolute Gasteiger partial charge is 0.262 e. The van der Waals surface area contributed by atoms with E-state index in [1.54, 1.807) is 0 Å². The van der Waals surface area contributed by atoms with Crippen LogP contribution < -0.4 is 4.74 Å². The van der Waals surface area contributed by atoms with E-state index in [0.29, 0.717) is 0 Å². The van der Waals surface area contributed by atoms with Gasteiger partial charge in [-0.15, -0.1) is 0 Å². The van der Waals surface area contributed by atoms with Crippen LogP contribution in [0.25, 0.3) is 0 Å². The van der Waals surface area contributed by atoms with Gasteiger partial charge in [-0.1, -0.05) is 11.6 Å². The average molecular weight is 237 g/mol. The van der Waals surface area contributed by atoms with Crippen LogP contribution in [0.15, 0.2) is 18.2 Å². The Labute approximate surface area is 90.6 Å². The fraction of sp³-hybridized carbons (Fsp3) is 0.222. The number of carbonyl (C=O) groups excluding carboxylic acids is 1. The number of rotatable bonds is 3. The number of hydrogen-bond donors (Lipinski definition) is 0. The molecule has 0 aliphatic carbocycles. The molecule has 0 amide bonds. The summed E-state index contributed by atoms with van der Waals surface area (Å²) in [7, 11) is 0. The van der Waals surface area contributed by atoms with Crippen LogP contribution in [0.2, 0.25) is 5.02 Å². The van der Waals surface area contributed by atoms with Gasteiger partial charge in [0.1, 0.15) is 11.6 Å². The van der Waals surface area contributed by atoms with Gasteiger partial charge < -0.3 is 4.74 Å². The van der Waals surface area contributed by atoms with Crippen molar-refractivity contribution in [2.45, 2.75) is 13.0 Å². The second-order valence-corrected chi connectivity index (χ2v) is 3.42. The van der Waals surface area contributed by atoms with Crippen molar-refractivity contribution in [3.63, 3.8) is 0 Å². The number of halogens is 3. The highest BCUT2D eigenvalue weighted by molar-refractivity contribution is 6.64. The molecule has 0 bridgehead atoms. The Hall–Kier alpha value is -0.800. The van der Waals surface area contributed by atoms with Gasteiger partial charge in [0.05, 0.1) is 5.02 Å². The lowest BCUT2D eigenvalue weighted by Crippen LogP contribution is -2.19. The maximum absolute atomic E-state index is 12.6. The minimum atomic E-state index is -0.806. The Bertz CT molecular complexity index is 355. The highest BCUT2D eigenvalue weighted by Gasteiger charge is 2.13. The van der Waals surface area contributed by atoms with Gasteiger partial charge in [-0.05, 0) is 36.7 Å². The van der Waals surface area contributed by atoms with E-state index in [9.17, 15) is 9.18 Å². The second kappa shape index (κ2) is 4.62. The minimum absolute atomic E-state index is 0.106. The first-order valence-corrected chi connectivity index (χ1v) is 4.57. The van der Waals surface area contributed by atoms with Crippen LogP contribution in [0.1, 0.15) is 6.92 Å². The van der Waals surface area contributed by atoms with E-state index in [2.05, 4.69) is 0 Å². The quantitative estimate of drug-likeness (QED) is 0.755. The van der Waals surface area contributed by atoms with Crippen LogP contribution in [0.4, 0.5) is 4.39 Å². The molecule has 0 aliphatic rings. The topological polar surface area (TPSA) is 26.3 Å². The summed E-state index contributed by atoms with van der Waals surface area (Å²) in [5.41, 5.74) is 0.